The van der Waals surface area contributed by atoms with Crippen LogP contribution in [0.5, 0.6) is 0 Å². The second kappa shape index (κ2) is 36.1. The van der Waals surface area contributed by atoms with Gasteiger partial charge in [0.2, 0.25) is 0 Å². The smallest absolute Gasteiger partial charge is 0.330 e. The summed E-state index contributed by atoms with van der Waals surface area (Å²) in [5.74, 6) is -3.78. The zero-order valence-corrected chi connectivity index (χ0v) is 35.8. The number of aliphatic hydroxyl groups excluding tert-OH is 6. The van der Waals surface area contributed by atoms with Crippen molar-refractivity contribution in [2.45, 2.75) is 89.6 Å². The van der Waals surface area contributed by atoms with E-state index < -0.39 is 164 Å². The summed E-state index contributed by atoms with van der Waals surface area (Å²) < 4.78 is 54.6. The first-order chi connectivity index (χ1) is 29.6. The fourth-order valence-corrected chi connectivity index (χ4v) is 4.60. The Morgan fingerprint density at radius 1 is 0.371 bits per heavy atom. The number of esters is 5. The lowest BCUT2D eigenvalue weighted by molar-refractivity contribution is -0.216. The number of hydrogen-bond donors (Lipinski definition) is 6. The van der Waals surface area contributed by atoms with Crippen molar-refractivity contribution < 1.29 is 102 Å². The number of aliphatic hydroxyl groups is 6. The lowest BCUT2D eigenvalue weighted by Crippen LogP contribution is -2.54. The first-order valence-electron chi connectivity index (χ1n) is 19.7. The molecule has 0 aliphatic carbocycles. The molecule has 5 unspecified atom stereocenters. The van der Waals surface area contributed by atoms with Crippen molar-refractivity contribution in [2.75, 3.05) is 79.3 Å². The summed E-state index contributed by atoms with van der Waals surface area (Å²) in [6.07, 6.45) is -0.657. The van der Waals surface area contributed by atoms with Gasteiger partial charge in [0.1, 0.15) is 88.0 Å². The summed E-state index contributed by atoms with van der Waals surface area (Å²) in [7, 11) is 0. The minimum absolute atomic E-state index is 0.470. The minimum atomic E-state index is -1.58. The largest absolute Gasteiger partial charge is 0.460 e. The molecule has 0 aromatic carbocycles. The average molecular weight is 893 g/mol. The molecule has 0 heterocycles. The molecule has 0 aromatic heterocycles. The molecule has 0 saturated carbocycles. The van der Waals surface area contributed by atoms with E-state index in [4.69, 9.17) is 47.4 Å². The van der Waals surface area contributed by atoms with Gasteiger partial charge in [0.05, 0.1) is 46.2 Å². The zero-order valence-electron chi connectivity index (χ0n) is 35.8. The number of hydrogen-bond acceptors (Lipinski definition) is 21. The Kier molecular flexibility index (Phi) is 33.6. The van der Waals surface area contributed by atoms with Gasteiger partial charge >= 0.3 is 29.8 Å². The summed E-state index contributed by atoms with van der Waals surface area (Å²) in [5.41, 5.74) is 0. The van der Waals surface area contributed by atoms with E-state index in [-0.39, 0.29) is 0 Å². The molecule has 62 heavy (non-hydrogen) atoms. The highest BCUT2D eigenvalue weighted by atomic mass is 16.6. The van der Waals surface area contributed by atoms with Crippen LogP contribution in [0.15, 0.2) is 60.8 Å². The Bertz CT molecular complexity index is 1410. The molecule has 0 aromatic rings. The maximum Gasteiger partial charge on any atom is 0.330 e. The normalized spacial score (nSPS) is 16.5. The van der Waals surface area contributed by atoms with Crippen LogP contribution in [0.1, 0.15) is 34.6 Å². The van der Waals surface area contributed by atoms with Gasteiger partial charge in [0.15, 0.2) is 0 Å². The van der Waals surface area contributed by atoms with E-state index in [2.05, 4.69) is 0 Å². The fraction of sp³-hybridized carbons (Fsp3) is 0.634. The topological polar surface area (TPSA) is 299 Å². The van der Waals surface area contributed by atoms with E-state index >= 15 is 0 Å². The summed E-state index contributed by atoms with van der Waals surface area (Å²) in [6, 6.07) is 0. The van der Waals surface area contributed by atoms with Crippen LogP contribution in [0.2, 0.25) is 0 Å². The maximum absolute atomic E-state index is 11.9. The fourth-order valence-electron chi connectivity index (χ4n) is 4.60. The number of ether oxygens (including phenoxy) is 10. The molecule has 0 fully saturated rings. The molecule has 0 amide bonds. The van der Waals surface area contributed by atoms with Gasteiger partial charge in [-0.15, -0.1) is 0 Å². The molecular weight excluding hydrogens is 828 g/mol. The van der Waals surface area contributed by atoms with Gasteiger partial charge < -0.3 is 78.0 Å². The molecule has 21 nitrogen and oxygen atoms in total. The van der Waals surface area contributed by atoms with Gasteiger partial charge in [0.25, 0.3) is 0 Å². The third-order valence-corrected chi connectivity index (χ3v) is 7.40. The van der Waals surface area contributed by atoms with Gasteiger partial charge in [-0.25, -0.2) is 24.0 Å². The molecule has 0 aliphatic heterocycles. The minimum Gasteiger partial charge on any atom is -0.460 e. The van der Waals surface area contributed by atoms with Crippen molar-refractivity contribution in [3.63, 3.8) is 0 Å². The van der Waals surface area contributed by atoms with Crippen LogP contribution in [0.4, 0.5) is 0 Å². The van der Waals surface area contributed by atoms with Gasteiger partial charge in [-0.2, -0.15) is 0 Å². The SMILES string of the molecule is CC=CC(=O)OCC(O)COC[C@@H](OCC(O)COC(=O)C=CC)[C@H](OCC(O)COC(=O)C=CC)[C@H](OCC(O)COC(=O)C=CC)[C@H](CO)OCC(O)COC(=O)C=CC. The molecular formula is C41H64O21. The molecule has 9 atom stereocenters. The van der Waals surface area contributed by atoms with E-state index in [0.29, 0.717) is 0 Å². The highest BCUT2D eigenvalue weighted by molar-refractivity contribution is 5.83. The van der Waals surface area contributed by atoms with E-state index in [0.717, 1.165) is 30.4 Å². The van der Waals surface area contributed by atoms with E-state index in [1.807, 2.05) is 0 Å². The summed E-state index contributed by atoms with van der Waals surface area (Å²) in [4.78, 5) is 59.3. The summed E-state index contributed by atoms with van der Waals surface area (Å²) in [6.45, 7) is 0.936. The van der Waals surface area contributed by atoms with Crippen molar-refractivity contribution in [2.24, 2.45) is 0 Å². The second-order valence-electron chi connectivity index (χ2n) is 13.0. The summed E-state index contributed by atoms with van der Waals surface area (Å²) in [5, 5.41) is 63.9. The first kappa shape index (κ1) is 57.6. The quantitative estimate of drug-likeness (QED) is 0.0251. The van der Waals surface area contributed by atoms with Crippen molar-refractivity contribution in [1.29, 1.82) is 0 Å². The molecule has 0 saturated heterocycles. The maximum atomic E-state index is 11.9. The third kappa shape index (κ3) is 29.0. The van der Waals surface area contributed by atoms with Gasteiger partial charge in [0, 0.05) is 30.4 Å². The Labute approximate surface area is 361 Å². The predicted octanol–water partition coefficient (Wildman–Crippen LogP) is -1.06. The van der Waals surface area contributed by atoms with Crippen LogP contribution in [0.25, 0.3) is 0 Å². The average Bonchev–Trinajstić information content (AvgIpc) is 3.23. The molecule has 354 valence electrons. The van der Waals surface area contributed by atoms with Gasteiger partial charge in [-0.05, 0) is 34.6 Å². The number of carbonyl (C=O) groups excluding carboxylic acids is 5. The van der Waals surface area contributed by atoms with Gasteiger partial charge in [-0.1, -0.05) is 30.4 Å². The Hall–Kier alpha value is -4.39. The highest BCUT2D eigenvalue weighted by Gasteiger charge is 2.40. The Morgan fingerprint density at radius 3 is 0.919 bits per heavy atom. The summed E-state index contributed by atoms with van der Waals surface area (Å²) >= 11 is 0. The molecule has 0 aliphatic rings. The monoisotopic (exact) mass is 892 g/mol. The molecule has 6 N–H and O–H groups in total. The molecule has 0 radical (unpaired) electrons. The van der Waals surface area contributed by atoms with Crippen LogP contribution >= 0.6 is 0 Å². The second-order valence-corrected chi connectivity index (χ2v) is 13.0. The Morgan fingerprint density at radius 2 is 0.629 bits per heavy atom. The van der Waals surface area contributed by atoms with E-state index in [1.54, 1.807) is 34.6 Å². The van der Waals surface area contributed by atoms with Gasteiger partial charge in [-0.3, -0.25) is 0 Å². The van der Waals surface area contributed by atoms with E-state index in [1.165, 1.54) is 30.4 Å². The third-order valence-electron chi connectivity index (χ3n) is 7.40. The van der Waals surface area contributed by atoms with Crippen molar-refractivity contribution >= 4 is 29.8 Å². The first-order valence-corrected chi connectivity index (χ1v) is 19.7. The van der Waals surface area contributed by atoms with Crippen LogP contribution < -0.4 is 0 Å². The van der Waals surface area contributed by atoms with E-state index in [9.17, 15) is 54.6 Å². The predicted molar refractivity (Wildman–Crippen MR) is 216 cm³/mol. The zero-order chi connectivity index (χ0) is 46.7. The highest BCUT2D eigenvalue weighted by Crippen LogP contribution is 2.21. The number of carbonyl (C=O) groups is 5. The standard InChI is InChI=1S/C41H64O21/c1-6-11-35(48)56-20-28(43)17-53-27-34(55-19-30(45)22-58-37(50)13-8-3)41(62-26-32(47)24-60-39(52)15-10-5)40(61-25-31(46)23-59-38(51)14-9-4)33(16-42)54-18-29(44)21-57-36(49)12-7-2/h6-15,28-34,40-47H,16-27H2,1-5H3/t28?,29?,30?,31?,32?,33-,34+,40+,41-/m0/s1. The van der Waals surface area contributed by atoms with Crippen LogP contribution in [-0.2, 0) is 71.3 Å². The number of allylic oxidation sites excluding steroid dienone is 5. The lowest BCUT2D eigenvalue weighted by Gasteiger charge is -2.38. The molecule has 0 rings (SSSR count). The van der Waals surface area contributed by atoms with Crippen LogP contribution in [-0.4, -0.2) is 195 Å². The van der Waals surface area contributed by atoms with Crippen molar-refractivity contribution in [1.82, 2.24) is 0 Å². The van der Waals surface area contributed by atoms with Crippen LogP contribution in [0, 0.1) is 0 Å². The molecule has 0 bridgehead atoms. The molecule has 0 spiro atoms. The van der Waals surface area contributed by atoms with Crippen molar-refractivity contribution in [3.05, 3.63) is 60.8 Å². The number of rotatable bonds is 35. The van der Waals surface area contributed by atoms with Crippen LogP contribution in [0.3, 0.4) is 0 Å². The molecule has 21 heteroatoms. The van der Waals surface area contributed by atoms with Crippen molar-refractivity contribution in [3.8, 4) is 0 Å². The Balaban J connectivity index is 6.95. The lowest BCUT2D eigenvalue weighted by atomic mass is 10.0.